The van der Waals surface area contributed by atoms with Gasteiger partial charge < -0.3 is 15.5 Å². The van der Waals surface area contributed by atoms with Gasteiger partial charge in [0.1, 0.15) is 5.82 Å². The molecule has 1 saturated heterocycles. The van der Waals surface area contributed by atoms with Crippen molar-refractivity contribution in [1.82, 2.24) is 15.5 Å². The van der Waals surface area contributed by atoms with Crippen LogP contribution >= 0.6 is 24.0 Å². The molecule has 1 saturated carbocycles. The van der Waals surface area contributed by atoms with Crippen molar-refractivity contribution in [3.8, 4) is 0 Å². The SMILES string of the molecule is CCNC(=NCC1CC(=O)N(CCc2ccccc2)C1)NC1CC1c1ccccc1F.I. The number of carbonyl (C=O) groups excluding carboxylic acids is 1. The molecule has 0 bridgehead atoms. The minimum Gasteiger partial charge on any atom is -0.357 e. The topological polar surface area (TPSA) is 56.7 Å². The van der Waals surface area contributed by atoms with E-state index in [0.717, 1.165) is 44.0 Å². The molecule has 1 heterocycles. The first-order valence-electron chi connectivity index (χ1n) is 11.2. The zero-order chi connectivity index (χ0) is 21.6. The molecule has 2 aromatic rings. The first kappa shape index (κ1) is 24.5. The molecule has 0 spiro atoms. The van der Waals surface area contributed by atoms with E-state index in [1.807, 2.05) is 42.2 Å². The molecule has 2 fully saturated rings. The highest BCUT2D eigenvalue weighted by atomic mass is 127. The summed E-state index contributed by atoms with van der Waals surface area (Å²) in [5.74, 6) is 1.25. The van der Waals surface area contributed by atoms with Gasteiger partial charge >= 0.3 is 0 Å². The van der Waals surface area contributed by atoms with E-state index in [1.165, 1.54) is 11.6 Å². The smallest absolute Gasteiger partial charge is 0.223 e. The number of amides is 1. The van der Waals surface area contributed by atoms with Crippen molar-refractivity contribution < 1.29 is 9.18 Å². The van der Waals surface area contributed by atoms with Gasteiger partial charge in [-0.1, -0.05) is 48.5 Å². The molecule has 4 rings (SSSR count). The molecular weight excluding hydrogens is 518 g/mol. The largest absolute Gasteiger partial charge is 0.357 e. The van der Waals surface area contributed by atoms with Gasteiger partial charge in [-0.25, -0.2) is 4.39 Å². The number of nitrogens with one attached hydrogen (secondary N) is 2. The summed E-state index contributed by atoms with van der Waals surface area (Å²) in [5, 5.41) is 6.71. The van der Waals surface area contributed by atoms with Crippen LogP contribution in [0.5, 0.6) is 0 Å². The Morgan fingerprint density at radius 1 is 1.16 bits per heavy atom. The molecule has 1 aliphatic carbocycles. The molecule has 2 aliphatic rings. The highest BCUT2D eigenvalue weighted by molar-refractivity contribution is 14.0. The highest BCUT2D eigenvalue weighted by Gasteiger charge is 2.40. The lowest BCUT2D eigenvalue weighted by Gasteiger charge is -2.16. The summed E-state index contributed by atoms with van der Waals surface area (Å²) in [4.78, 5) is 19.1. The van der Waals surface area contributed by atoms with Crippen LogP contribution in [-0.4, -0.2) is 49.0 Å². The summed E-state index contributed by atoms with van der Waals surface area (Å²) in [7, 11) is 0. The molecule has 5 nitrogen and oxygen atoms in total. The Balaban J connectivity index is 0.00000289. The van der Waals surface area contributed by atoms with Crippen LogP contribution in [0.25, 0.3) is 0 Å². The number of benzene rings is 2. The summed E-state index contributed by atoms with van der Waals surface area (Å²) in [6.07, 6.45) is 2.34. The summed E-state index contributed by atoms with van der Waals surface area (Å²) < 4.78 is 14.0. The number of aliphatic imine (C=N–C) groups is 1. The molecule has 1 aliphatic heterocycles. The molecule has 32 heavy (non-hydrogen) atoms. The number of guanidine groups is 1. The summed E-state index contributed by atoms with van der Waals surface area (Å²) >= 11 is 0. The maximum absolute atomic E-state index is 14.0. The number of halogens is 2. The van der Waals surface area contributed by atoms with Gasteiger partial charge in [-0.3, -0.25) is 9.79 Å². The van der Waals surface area contributed by atoms with Crippen LogP contribution < -0.4 is 10.6 Å². The fraction of sp³-hybridized carbons (Fsp3) is 0.440. The number of likely N-dealkylation sites (tertiary alicyclic amines) is 1. The Morgan fingerprint density at radius 3 is 2.66 bits per heavy atom. The lowest BCUT2D eigenvalue weighted by Crippen LogP contribution is -2.39. The van der Waals surface area contributed by atoms with Gasteiger partial charge in [0.2, 0.25) is 5.91 Å². The van der Waals surface area contributed by atoms with Gasteiger partial charge in [-0.15, -0.1) is 24.0 Å². The second kappa shape index (κ2) is 11.6. The molecule has 3 unspecified atom stereocenters. The normalized spacial score (nSPS) is 22.4. The van der Waals surface area contributed by atoms with Crippen molar-refractivity contribution >= 4 is 35.8 Å². The summed E-state index contributed by atoms with van der Waals surface area (Å²) in [6.45, 7) is 4.92. The average molecular weight is 550 g/mol. The first-order valence-corrected chi connectivity index (χ1v) is 11.2. The van der Waals surface area contributed by atoms with Crippen LogP contribution in [0.1, 0.15) is 36.8 Å². The number of carbonyl (C=O) groups is 1. The van der Waals surface area contributed by atoms with E-state index in [1.54, 1.807) is 6.07 Å². The van der Waals surface area contributed by atoms with Crippen LogP contribution in [0.15, 0.2) is 59.6 Å². The maximum atomic E-state index is 14.0. The van der Waals surface area contributed by atoms with E-state index in [0.29, 0.717) is 13.0 Å². The third kappa shape index (κ3) is 6.43. The highest BCUT2D eigenvalue weighted by Crippen LogP contribution is 2.41. The average Bonchev–Trinajstić information content (AvgIpc) is 3.44. The zero-order valence-electron chi connectivity index (χ0n) is 18.5. The van der Waals surface area contributed by atoms with E-state index in [2.05, 4.69) is 22.8 Å². The standard InChI is InChI=1S/C25H31FN4O.HI/c1-2-27-25(29-23-15-21(23)20-10-6-7-11-22(20)26)28-16-19-14-24(31)30(17-19)13-12-18-8-4-3-5-9-18;/h3-11,19,21,23H,2,12-17H2,1H3,(H2,27,28,29);1H. The molecule has 172 valence electrons. The van der Waals surface area contributed by atoms with Crippen molar-refractivity contribution in [2.45, 2.75) is 38.1 Å². The Kier molecular flexibility index (Phi) is 8.90. The molecule has 0 aromatic heterocycles. The second-order valence-electron chi connectivity index (χ2n) is 8.48. The number of nitrogens with zero attached hydrogens (tertiary/aromatic N) is 2. The summed E-state index contributed by atoms with van der Waals surface area (Å²) in [5.41, 5.74) is 2.02. The van der Waals surface area contributed by atoms with Crippen LogP contribution in [0.4, 0.5) is 4.39 Å². The molecule has 1 amide bonds. The quantitative estimate of drug-likeness (QED) is 0.298. The number of rotatable bonds is 8. The maximum Gasteiger partial charge on any atom is 0.223 e. The molecule has 3 atom stereocenters. The van der Waals surface area contributed by atoms with Gasteiger partial charge in [0.15, 0.2) is 5.96 Å². The Hall–Kier alpha value is -2.16. The van der Waals surface area contributed by atoms with Crippen molar-refractivity contribution in [3.63, 3.8) is 0 Å². The van der Waals surface area contributed by atoms with Crippen LogP contribution in [0.2, 0.25) is 0 Å². The minimum absolute atomic E-state index is 0. The lowest BCUT2D eigenvalue weighted by atomic mass is 10.1. The first-order chi connectivity index (χ1) is 15.1. The van der Waals surface area contributed by atoms with Crippen molar-refractivity contribution in [1.29, 1.82) is 0 Å². The fourth-order valence-electron chi connectivity index (χ4n) is 4.29. The predicted octanol–water partition coefficient (Wildman–Crippen LogP) is 3.95. The van der Waals surface area contributed by atoms with Crippen molar-refractivity contribution in [2.75, 3.05) is 26.2 Å². The molecule has 7 heteroatoms. The van der Waals surface area contributed by atoms with Gasteiger partial charge in [-0.05, 0) is 37.0 Å². The van der Waals surface area contributed by atoms with E-state index in [9.17, 15) is 9.18 Å². The molecular formula is C25H32FIN4O. The van der Waals surface area contributed by atoms with E-state index >= 15 is 0 Å². The van der Waals surface area contributed by atoms with Crippen LogP contribution in [0.3, 0.4) is 0 Å². The van der Waals surface area contributed by atoms with Crippen molar-refractivity contribution in [3.05, 3.63) is 71.5 Å². The molecule has 2 aromatic carbocycles. The van der Waals surface area contributed by atoms with Gasteiger partial charge in [-0.2, -0.15) is 0 Å². The Bertz CT molecular complexity index is 923. The van der Waals surface area contributed by atoms with Crippen molar-refractivity contribution in [2.24, 2.45) is 10.9 Å². The van der Waals surface area contributed by atoms with Crippen LogP contribution in [-0.2, 0) is 11.2 Å². The molecule has 2 N–H and O–H groups in total. The fourth-order valence-corrected chi connectivity index (χ4v) is 4.29. The van der Waals surface area contributed by atoms with E-state index in [4.69, 9.17) is 4.99 Å². The second-order valence-corrected chi connectivity index (χ2v) is 8.48. The predicted molar refractivity (Wildman–Crippen MR) is 137 cm³/mol. The monoisotopic (exact) mass is 550 g/mol. The van der Waals surface area contributed by atoms with E-state index < -0.39 is 0 Å². The lowest BCUT2D eigenvalue weighted by molar-refractivity contribution is -0.127. The van der Waals surface area contributed by atoms with E-state index in [-0.39, 0.29) is 53.6 Å². The van der Waals surface area contributed by atoms with Gasteiger partial charge in [0.25, 0.3) is 0 Å². The Labute approximate surface area is 206 Å². The van der Waals surface area contributed by atoms with Gasteiger partial charge in [0, 0.05) is 50.5 Å². The zero-order valence-corrected chi connectivity index (χ0v) is 20.8. The number of hydrogen-bond acceptors (Lipinski definition) is 2. The third-order valence-corrected chi connectivity index (χ3v) is 6.08. The third-order valence-electron chi connectivity index (χ3n) is 6.08. The Morgan fingerprint density at radius 2 is 1.91 bits per heavy atom. The minimum atomic E-state index is -0.140. The molecule has 0 radical (unpaired) electrons. The van der Waals surface area contributed by atoms with Gasteiger partial charge in [0.05, 0.1) is 0 Å². The number of hydrogen-bond donors (Lipinski definition) is 2. The van der Waals surface area contributed by atoms with Crippen LogP contribution in [0, 0.1) is 11.7 Å². The summed E-state index contributed by atoms with van der Waals surface area (Å²) in [6, 6.07) is 17.5.